The number of nitrogens with one attached hydrogen (secondary N) is 1. The fourth-order valence-corrected chi connectivity index (χ4v) is 2.67. The summed E-state index contributed by atoms with van der Waals surface area (Å²) in [5.74, 6) is 0. The molecule has 0 aliphatic heterocycles. The zero-order valence-electron chi connectivity index (χ0n) is 13.1. The van der Waals surface area contributed by atoms with Crippen molar-refractivity contribution in [3.05, 3.63) is 35.9 Å². The van der Waals surface area contributed by atoms with Gasteiger partial charge in [-0.3, -0.25) is 0 Å². The van der Waals surface area contributed by atoms with E-state index >= 15 is 0 Å². The van der Waals surface area contributed by atoms with E-state index in [4.69, 9.17) is 14.2 Å². The summed E-state index contributed by atoms with van der Waals surface area (Å²) in [5.41, 5.74) is 1.37. The second kappa shape index (κ2) is 9.15. The minimum Gasteiger partial charge on any atom is -0.382 e. The zero-order valence-corrected chi connectivity index (χ0v) is 13.1. The Morgan fingerprint density at radius 1 is 1.10 bits per heavy atom. The minimum absolute atomic E-state index is 0.155. The van der Waals surface area contributed by atoms with Gasteiger partial charge in [-0.15, -0.1) is 0 Å². The minimum atomic E-state index is 0.155. The standard InChI is InChI=1S/C17H27NO3/c1-18-15-13-16(17(15)21-12-11-19-2)20-10-6-9-14-7-4-3-5-8-14/h3-5,7-8,15-18H,6,9-13H2,1-2H3. The van der Waals surface area contributed by atoms with E-state index in [9.17, 15) is 0 Å². The molecule has 1 aromatic rings. The van der Waals surface area contributed by atoms with Crippen molar-refractivity contribution in [3.63, 3.8) is 0 Å². The predicted molar refractivity (Wildman–Crippen MR) is 83.6 cm³/mol. The van der Waals surface area contributed by atoms with E-state index < -0.39 is 0 Å². The molecule has 1 fully saturated rings. The molecule has 3 atom stereocenters. The first kappa shape index (κ1) is 16.4. The fraction of sp³-hybridized carbons (Fsp3) is 0.647. The highest BCUT2D eigenvalue weighted by molar-refractivity contribution is 5.14. The number of hydrogen-bond acceptors (Lipinski definition) is 4. The van der Waals surface area contributed by atoms with Crippen LogP contribution in [-0.2, 0) is 20.6 Å². The molecule has 118 valence electrons. The smallest absolute Gasteiger partial charge is 0.0991 e. The molecule has 0 amide bonds. The van der Waals surface area contributed by atoms with Gasteiger partial charge in [0, 0.05) is 19.8 Å². The highest BCUT2D eigenvalue weighted by Gasteiger charge is 2.41. The topological polar surface area (TPSA) is 39.7 Å². The van der Waals surface area contributed by atoms with Gasteiger partial charge in [-0.2, -0.15) is 0 Å². The van der Waals surface area contributed by atoms with Crippen LogP contribution in [0.5, 0.6) is 0 Å². The largest absolute Gasteiger partial charge is 0.382 e. The van der Waals surface area contributed by atoms with Crippen LogP contribution in [0.3, 0.4) is 0 Å². The summed E-state index contributed by atoms with van der Waals surface area (Å²) in [7, 11) is 3.67. The van der Waals surface area contributed by atoms with Crippen LogP contribution in [0.4, 0.5) is 0 Å². The van der Waals surface area contributed by atoms with Crippen LogP contribution < -0.4 is 5.32 Å². The number of aryl methyl sites for hydroxylation is 1. The molecule has 0 spiro atoms. The van der Waals surface area contributed by atoms with Gasteiger partial charge in [0.15, 0.2) is 0 Å². The molecule has 1 N–H and O–H groups in total. The molecule has 0 aromatic heterocycles. The fourth-order valence-electron chi connectivity index (χ4n) is 2.67. The number of rotatable bonds is 10. The Labute approximate surface area is 127 Å². The molecule has 2 rings (SSSR count). The van der Waals surface area contributed by atoms with Gasteiger partial charge >= 0.3 is 0 Å². The first-order valence-corrected chi connectivity index (χ1v) is 7.78. The zero-order chi connectivity index (χ0) is 14.9. The number of hydrogen-bond donors (Lipinski definition) is 1. The molecular weight excluding hydrogens is 266 g/mol. The molecule has 0 saturated heterocycles. The Bertz CT molecular complexity index is 385. The average Bonchev–Trinajstić information content (AvgIpc) is 2.51. The Kier molecular flexibility index (Phi) is 7.16. The summed E-state index contributed by atoms with van der Waals surface area (Å²) in [6, 6.07) is 10.9. The van der Waals surface area contributed by atoms with Crippen LogP contribution in [0.15, 0.2) is 30.3 Å². The lowest BCUT2D eigenvalue weighted by atomic mass is 9.85. The third kappa shape index (κ3) is 5.08. The van der Waals surface area contributed by atoms with Gasteiger partial charge in [0.2, 0.25) is 0 Å². The SMILES string of the molecule is CNC1CC(OCCCc2ccccc2)C1OCCOC. The lowest BCUT2D eigenvalue weighted by Crippen LogP contribution is -2.59. The van der Waals surface area contributed by atoms with Crippen molar-refractivity contribution in [3.8, 4) is 0 Å². The molecule has 4 heteroatoms. The van der Waals surface area contributed by atoms with Crippen LogP contribution in [0.2, 0.25) is 0 Å². The van der Waals surface area contributed by atoms with Gasteiger partial charge in [0.25, 0.3) is 0 Å². The first-order chi connectivity index (χ1) is 10.3. The van der Waals surface area contributed by atoms with E-state index in [1.165, 1.54) is 5.56 Å². The van der Waals surface area contributed by atoms with Crippen LogP contribution >= 0.6 is 0 Å². The third-order valence-corrected chi connectivity index (χ3v) is 4.00. The summed E-state index contributed by atoms with van der Waals surface area (Å²) in [6.45, 7) is 2.05. The van der Waals surface area contributed by atoms with Gasteiger partial charge in [0.05, 0.1) is 25.4 Å². The Balaban J connectivity index is 1.63. The second-order valence-electron chi connectivity index (χ2n) is 5.46. The van der Waals surface area contributed by atoms with Crippen molar-refractivity contribution < 1.29 is 14.2 Å². The lowest BCUT2D eigenvalue weighted by molar-refractivity contribution is -0.151. The number of likely N-dealkylation sites (N-methyl/N-ethyl adjacent to an activating group) is 1. The Hall–Kier alpha value is -0.940. The lowest BCUT2D eigenvalue weighted by Gasteiger charge is -2.43. The van der Waals surface area contributed by atoms with Crippen molar-refractivity contribution >= 4 is 0 Å². The monoisotopic (exact) mass is 293 g/mol. The van der Waals surface area contributed by atoms with Crippen molar-refractivity contribution in [2.24, 2.45) is 0 Å². The molecule has 1 aliphatic carbocycles. The summed E-state index contributed by atoms with van der Waals surface area (Å²) in [6.07, 6.45) is 3.52. The van der Waals surface area contributed by atoms with Crippen LogP contribution in [0.1, 0.15) is 18.4 Å². The number of benzene rings is 1. The molecule has 21 heavy (non-hydrogen) atoms. The summed E-state index contributed by atoms with van der Waals surface area (Å²) in [5, 5.41) is 3.28. The van der Waals surface area contributed by atoms with Crippen molar-refractivity contribution in [2.75, 3.05) is 34.0 Å². The van der Waals surface area contributed by atoms with Gasteiger partial charge in [-0.1, -0.05) is 30.3 Å². The van der Waals surface area contributed by atoms with Crippen LogP contribution in [-0.4, -0.2) is 52.2 Å². The first-order valence-electron chi connectivity index (χ1n) is 7.78. The third-order valence-electron chi connectivity index (χ3n) is 4.00. The van der Waals surface area contributed by atoms with E-state index in [0.717, 1.165) is 25.9 Å². The predicted octanol–water partition coefficient (Wildman–Crippen LogP) is 2.03. The summed E-state index contributed by atoms with van der Waals surface area (Å²) in [4.78, 5) is 0. The van der Waals surface area contributed by atoms with E-state index in [2.05, 4.69) is 29.6 Å². The van der Waals surface area contributed by atoms with E-state index in [1.807, 2.05) is 13.1 Å². The Morgan fingerprint density at radius 2 is 1.90 bits per heavy atom. The molecule has 0 radical (unpaired) electrons. The molecular formula is C17H27NO3. The van der Waals surface area contributed by atoms with E-state index in [1.54, 1.807) is 7.11 Å². The van der Waals surface area contributed by atoms with Gasteiger partial charge in [-0.25, -0.2) is 0 Å². The van der Waals surface area contributed by atoms with Gasteiger partial charge < -0.3 is 19.5 Å². The summed E-state index contributed by atoms with van der Waals surface area (Å²) >= 11 is 0. The van der Waals surface area contributed by atoms with E-state index in [-0.39, 0.29) is 12.2 Å². The molecule has 1 aromatic carbocycles. The maximum atomic E-state index is 5.97. The van der Waals surface area contributed by atoms with Crippen LogP contribution in [0, 0.1) is 0 Å². The number of ether oxygens (including phenoxy) is 3. The maximum Gasteiger partial charge on any atom is 0.0991 e. The highest BCUT2D eigenvalue weighted by Crippen LogP contribution is 2.27. The van der Waals surface area contributed by atoms with Crippen molar-refractivity contribution in [2.45, 2.75) is 37.5 Å². The maximum absolute atomic E-state index is 5.97. The molecule has 0 bridgehead atoms. The molecule has 3 unspecified atom stereocenters. The highest BCUT2D eigenvalue weighted by atomic mass is 16.6. The summed E-state index contributed by atoms with van der Waals surface area (Å²) < 4.78 is 16.8. The Morgan fingerprint density at radius 3 is 2.62 bits per heavy atom. The second-order valence-corrected chi connectivity index (χ2v) is 5.46. The van der Waals surface area contributed by atoms with Crippen molar-refractivity contribution in [1.82, 2.24) is 5.32 Å². The van der Waals surface area contributed by atoms with Crippen molar-refractivity contribution in [1.29, 1.82) is 0 Å². The van der Waals surface area contributed by atoms with E-state index in [0.29, 0.717) is 19.3 Å². The van der Waals surface area contributed by atoms with Crippen LogP contribution in [0.25, 0.3) is 0 Å². The van der Waals surface area contributed by atoms with Gasteiger partial charge in [-0.05, 0) is 31.9 Å². The quantitative estimate of drug-likeness (QED) is 0.670. The van der Waals surface area contributed by atoms with Gasteiger partial charge in [0.1, 0.15) is 0 Å². The normalized spacial score (nSPS) is 24.8. The molecule has 1 aliphatic rings. The molecule has 0 heterocycles. The molecule has 1 saturated carbocycles. The average molecular weight is 293 g/mol. The molecule has 4 nitrogen and oxygen atoms in total. The number of methoxy groups -OCH3 is 1.